The molecule has 1 aromatic carbocycles. The maximum Gasteiger partial charge on any atom is 0.256 e. The number of rotatable bonds is 6. The van der Waals surface area contributed by atoms with Crippen molar-refractivity contribution in [2.24, 2.45) is 5.92 Å². The van der Waals surface area contributed by atoms with Crippen molar-refractivity contribution in [2.45, 2.75) is 19.4 Å². The molecule has 0 radical (unpaired) electrons. The molecule has 3 aromatic heterocycles. The molecule has 0 amide bonds. The average Bonchev–Trinajstić information content (AvgIpc) is 3.17. The van der Waals surface area contributed by atoms with Gasteiger partial charge in [-0.15, -0.1) is 5.10 Å². The normalized spacial score (nSPS) is 13.9. The molecular formula is C20H19FN6O. The molecule has 0 saturated heterocycles. The van der Waals surface area contributed by atoms with Crippen molar-refractivity contribution in [3.05, 3.63) is 60.1 Å². The first-order valence-corrected chi connectivity index (χ1v) is 9.22. The minimum Gasteiger partial charge on any atom is -0.461 e. The van der Waals surface area contributed by atoms with Crippen LogP contribution in [0, 0.1) is 11.7 Å². The molecule has 1 aliphatic rings. The topological polar surface area (TPSA) is 85.5 Å². The minimum absolute atomic E-state index is 0.241. The van der Waals surface area contributed by atoms with Crippen LogP contribution in [-0.4, -0.2) is 26.1 Å². The number of benzene rings is 1. The lowest BCUT2D eigenvalue weighted by Gasteiger charge is -2.24. The molecule has 1 aliphatic carbocycles. The zero-order valence-corrected chi connectivity index (χ0v) is 15.1. The van der Waals surface area contributed by atoms with Gasteiger partial charge in [-0.3, -0.25) is 0 Å². The average molecular weight is 378 g/mol. The first-order chi connectivity index (χ1) is 13.7. The van der Waals surface area contributed by atoms with Gasteiger partial charge in [-0.05, 0) is 48.6 Å². The number of fused-ring (bicyclic) bond motifs is 1. The molecule has 0 bridgehead atoms. The van der Waals surface area contributed by atoms with Gasteiger partial charge in [0.1, 0.15) is 17.5 Å². The summed E-state index contributed by atoms with van der Waals surface area (Å²) in [5.74, 6) is 3.01. The van der Waals surface area contributed by atoms with Crippen LogP contribution < -0.4 is 10.6 Å². The van der Waals surface area contributed by atoms with E-state index in [1.165, 1.54) is 29.5 Å². The molecule has 0 aliphatic heterocycles. The number of nitrogens with zero attached hydrogens (tertiary/aromatic N) is 5. The fourth-order valence-corrected chi connectivity index (χ4v) is 3.21. The van der Waals surface area contributed by atoms with E-state index in [1.807, 2.05) is 0 Å². The molecule has 142 valence electrons. The molecule has 8 heteroatoms. The lowest BCUT2D eigenvalue weighted by molar-refractivity contribution is 0.577. The number of nitrogens with two attached hydrogens (primary N) is 1. The Labute approximate surface area is 160 Å². The van der Waals surface area contributed by atoms with E-state index in [9.17, 15) is 4.39 Å². The van der Waals surface area contributed by atoms with Crippen molar-refractivity contribution in [1.29, 1.82) is 0 Å². The van der Waals surface area contributed by atoms with E-state index in [2.05, 4.69) is 20.0 Å². The number of hydrogen-bond acceptors (Lipinski definition) is 6. The van der Waals surface area contributed by atoms with E-state index < -0.39 is 0 Å². The van der Waals surface area contributed by atoms with Gasteiger partial charge in [0.25, 0.3) is 5.78 Å². The third kappa shape index (κ3) is 3.28. The van der Waals surface area contributed by atoms with Gasteiger partial charge in [0.2, 0.25) is 5.82 Å². The number of hydrogen-bond donors (Lipinski definition) is 1. The van der Waals surface area contributed by atoms with Gasteiger partial charge in [0, 0.05) is 19.2 Å². The van der Waals surface area contributed by atoms with Crippen LogP contribution in [0.5, 0.6) is 0 Å². The van der Waals surface area contributed by atoms with Gasteiger partial charge in [-0.25, -0.2) is 4.39 Å². The number of anilines is 2. The second-order valence-electron chi connectivity index (χ2n) is 7.11. The highest BCUT2D eigenvalue weighted by Crippen LogP contribution is 2.32. The first-order valence-electron chi connectivity index (χ1n) is 9.22. The van der Waals surface area contributed by atoms with E-state index in [1.54, 1.807) is 36.6 Å². The first kappa shape index (κ1) is 16.7. The molecule has 28 heavy (non-hydrogen) atoms. The van der Waals surface area contributed by atoms with Gasteiger partial charge < -0.3 is 15.1 Å². The fourth-order valence-electron chi connectivity index (χ4n) is 3.21. The minimum atomic E-state index is -0.241. The number of aromatic nitrogens is 4. The standard InChI is InChI=1S/C20H19FN6O/c21-15-7-5-14(6-8-15)12-26(11-13-3-4-13)18-10-17(22)27-20(23-18)24-19(25-27)16-2-1-9-28-16/h1-2,5-10,13H,3-4,11-12,22H2. The van der Waals surface area contributed by atoms with Crippen molar-refractivity contribution in [3.63, 3.8) is 0 Å². The third-order valence-corrected chi connectivity index (χ3v) is 4.85. The van der Waals surface area contributed by atoms with Gasteiger partial charge in [0.15, 0.2) is 5.76 Å². The summed E-state index contributed by atoms with van der Waals surface area (Å²) in [6, 6.07) is 11.9. The molecule has 0 unspecified atom stereocenters. The van der Waals surface area contributed by atoms with Gasteiger partial charge in [0.05, 0.1) is 6.26 Å². The Morgan fingerprint density at radius 2 is 2.00 bits per heavy atom. The SMILES string of the molecule is Nc1cc(N(Cc2ccc(F)cc2)CC2CC2)nc2nc(-c3ccco3)nn12. The monoisotopic (exact) mass is 378 g/mol. The highest BCUT2D eigenvalue weighted by molar-refractivity contribution is 5.57. The summed E-state index contributed by atoms with van der Waals surface area (Å²) in [6.45, 7) is 1.50. The summed E-state index contributed by atoms with van der Waals surface area (Å²) >= 11 is 0. The van der Waals surface area contributed by atoms with Crippen LogP contribution in [0.1, 0.15) is 18.4 Å². The van der Waals surface area contributed by atoms with Gasteiger partial charge >= 0.3 is 0 Å². The van der Waals surface area contributed by atoms with Crippen LogP contribution in [-0.2, 0) is 6.54 Å². The Balaban J connectivity index is 1.51. The zero-order valence-electron chi connectivity index (χ0n) is 15.1. The van der Waals surface area contributed by atoms with E-state index in [0.29, 0.717) is 35.6 Å². The van der Waals surface area contributed by atoms with E-state index in [0.717, 1.165) is 17.9 Å². The lowest BCUT2D eigenvalue weighted by atomic mass is 10.2. The molecule has 0 spiro atoms. The van der Waals surface area contributed by atoms with Crippen molar-refractivity contribution in [2.75, 3.05) is 17.2 Å². The molecular weight excluding hydrogens is 359 g/mol. The predicted molar refractivity (Wildman–Crippen MR) is 103 cm³/mol. The second-order valence-corrected chi connectivity index (χ2v) is 7.11. The largest absolute Gasteiger partial charge is 0.461 e. The lowest BCUT2D eigenvalue weighted by Crippen LogP contribution is -2.26. The van der Waals surface area contributed by atoms with Crippen molar-refractivity contribution in [3.8, 4) is 11.6 Å². The van der Waals surface area contributed by atoms with Crippen LogP contribution in [0.2, 0.25) is 0 Å². The van der Waals surface area contributed by atoms with Crippen molar-refractivity contribution in [1.82, 2.24) is 19.6 Å². The summed E-state index contributed by atoms with van der Waals surface area (Å²) < 4.78 is 20.1. The smallest absolute Gasteiger partial charge is 0.256 e. The highest BCUT2D eigenvalue weighted by Gasteiger charge is 2.26. The third-order valence-electron chi connectivity index (χ3n) is 4.85. The molecule has 0 atom stereocenters. The van der Waals surface area contributed by atoms with E-state index in [-0.39, 0.29) is 5.82 Å². The highest BCUT2D eigenvalue weighted by atomic mass is 19.1. The number of furan rings is 1. The fraction of sp³-hybridized carbons (Fsp3) is 0.250. The molecule has 1 saturated carbocycles. The van der Waals surface area contributed by atoms with Gasteiger partial charge in [-0.1, -0.05) is 12.1 Å². The maximum atomic E-state index is 13.2. The Hall–Kier alpha value is -3.42. The second kappa shape index (κ2) is 6.63. The van der Waals surface area contributed by atoms with Crippen LogP contribution in [0.25, 0.3) is 17.4 Å². The molecule has 4 aromatic rings. The Bertz CT molecular complexity index is 1100. The maximum absolute atomic E-state index is 13.2. The molecule has 5 rings (SSSR count). The summed E-state index contributed by atoms with van der Waals surface area (Å²) in [7, 11) is 0. The summed E-state index contributed by atoms with van der Waals surface area (Å²) in [4.78, 5) is 11.3. The Kier molecular flexibility index (Phi) is 3.96. The summed E-state index contributed by atoms with van der Waals surface area (Å²) in [5.41, 5.74) is 7.25. The van der Waals surface area contributed by atoms with Crippen LogP contribution in [0.4, 0.5) is 16.0 Å². The predicted octanol–water partition coefficient (Wildman–Crippen LogP) is 3.52. The van der Waals surface area contributed by atoms with Crippen molar-refractivity contribution < 1.29 is 8.81 Å². The van der Waals surface area contributed by atoms with E-state index >= 15 is 0 Å². The molecule has 1 fully saturated rings. The molecule has 2 N–H and O–H groups in total. The van der Waals surface area contributed by atoms with Crippen LogP contribution in [0.3, 0.4) is 0 Å². The Morgan fingerprint density at radius 3 is 2.71 bits per heavy atom. The van der Waals surface area contributed by atoms with Crippen LogP contribution in [0.15, 0.2) is 53.1 Å². The summed E-state index contributed by atoms with van der Waals surface area (Å²) in [6.07, 6.45) is 4.00. The molecule has 7 nitrogen and oxygen atoms in total. The zero-order chi connectivity index (χ0) is 19.1. The van der Waals surface area contributed by atoms with E-state index in [4.69, 9.17) is 10.2 Å². The van der Waals surface area contributed by atoms with Crippen molar-refractivity contribution >= 4 is 17.4 Å². The van der Waals surface area contributed by atoms with Crippen LogP contribution >= 0.6 is 0 Å². The quantitative estimate of drug-likeness (QED) is 0.552. The number of nitrogen functional groups attached to an aromatic ring is 1. The van der Waals surface area contributed by atoms with Gasteiger partial charge in [-0.2, -0.15) is 14.5 Å². The summed E-state index contributed by atoms with van der Waals surface area (Å²) in [5, 5.41) is 4.39. The molecule has 3 heterocycles. The Morgan fingerprint density at radius 1 is 1.18 bits per heavy atom. The number of halogens is 1.